The minimum absolute atomic E-state index is 0.176. The van der Waals surface area contributed by atoms with Crippen molar-refractivity contribution in [3.63, 3.8) is 0 Å². The molecule has 186 valence electrons. The molecule has 4 heterocycles. The number of ketones is 2. The number of benzene rings is 3. The molecule has 1 amide bonds. The van der Waals surface area contributed by atoms with E-state index in [9.17, 15) is 14.4 Å². The molecule has 3 aromatic carbocycles. The minimum Gasteiger partial charge on any atom is -0.352 e. The van der Waals surface area contributed by atoms with Crippen LogP contribution in [0.5, 0.6) is 0 Å². The highest BCUT2D eigenvalue weighted by Crippen LogP contribution is 2.58. The number of hydrogen-bond donors (Lipinski definition) is 1. The van der Waals surface area contributed by atoms with Gasteiger partial charge >= 0.3 is 0 Å². The van der Waals surface area contributed by atoms with E-state index in [1.165, 1.54) is 11.3 Å². The number of carbonyl (C=O) groups excluding carboxylic acids is 3. The number of nitrogens with zero attached hydrogens (tertiary/aromatic N) is 1. The van der Waals surface area contributed by atoms with E-state index < -0.39 is 23.4 Å². The highest BCUT2D eigenvalue weighted by atomic mass is 35.5. The highest BCUT2D eigenvalue weighted by Gasteiger charge is 2.70. The van der Waals surface area contributed by atoms with Gasteiger partial charge < -0.3 is 10.2 Å². The molecule has 1 saturated heterocycles. The fourth-order valence-corrected chi connectivity index (χ4v) is 7.37. The number of thiophene rings is 1. The summed E-state index contributed by atoms with van der Waals surface area (Å²) < 4.78 is 0. The fourth-order valence-electron chi connectivity index (χ4n) is 6.50. The summed E-state index contributed by atoms with van der Waals surface area (Å²) in [6, 6.07) is 24.1. The summed E-state index contributed by atoms with van der Waals surface area (Å²) in [5, 5.41) is 5.47. The number of halogens is 1. The van der Waals surface area contributed by atoms with Crippen LogP contribution in [-0.4, -0.2) is 29.6 Å². The van der Waals surface area contributed by atoms with E-state index in [0.29, 0.717) is 21.2 Å². The number of anilines is 2. The summed E-state index contributed by atoms with van der Waals surface area (Å²) in [4.78, 5) is 45.7. The van der Waals surface area contributed by atoms with Crippen LogP contribution < -0.4 is 10.2 Å². The second-order valence-electron chi connectivity index (χ2n) is 9.78. The lowest BCUT2D eigenvalue weighted by atomic mass is 9.64. The molecule has 3 aliphatic heterocycles. The zero-order valence-electron chi connectivity index (χ0n) is 20.0. The number of para-hydroxylation sites is 1. The van der Waals surface area contributed by atoms with Gasteiger partial charge in [0, 0.05) is 22.0 Å². The number of rotatable bonds is 4. The van der Waals surface area contributed by atoms with E-state index in [4.69, 9.17) is 11.6 Å². The van der Waals surface area contributed by atoms with Crippen molar-refractivity contribution >= 4 is 57.9 Å². The summed E-state index contributed by atoms with van der Waals surface area (Å²) in [5.41, 5.74) is 2.18. The molecule has 0 saturated carbocycles. The maximum Gasteiger partial charge on any atom is 0.238 e. The second-order valence-corrected chi connectivity index (χ2v) is 11.2. The third-order valence-corrected chi connectivity index (χ3v) is 9.09. The van der Waals surface area contributed by atoms with Gasteiger partial charge in [-0.2, -0.15) is 0 Å². The lowest BCUT2D eigenvalue weighted by Gasteiger charge is -2.37. The summed E-state index contributed by atoms with van der Waals surface area (Å²) in [6.45, 7) is 0. The van der Waals surface area contributed by atoms with E-state index in [2.05, 4.69) is 5.32 Å². The molecular formula is C31H21ClN2O3S. The third kappa shape index (κ3) is 3.08. The minimum atomic E-state index is -1.31. The summed E-state index contributed by atoms with van der Waals surface area (Å²) in [6.07, 6.45) is 3.90. The Kier molecular flexibility index (Phi) is 5.18. The first-order valence-corrected chi connectivity index (χ1v) is 13.6. The number of Topliss-reactive ketones (excluding diaryl/α,β-unsaturated/α-hetero) is 2. The van der Waals surface area contributed by atoms with Gasteiger partial charge in [0.1, 0.15) is 11.5 Å². The molecule has 1 N–H and O–H groups in total. The Morgan fingerprint density at radius 1 is 0.921 bits per heavy atom. The lowest BCUT2D eigenvalue weighted by Crippen LogP contribution is -2.51. The van der Waals surface area contributed by atoms with E-state index in [0.717, 1.165) is 16.8 Å². The maximum atomic E-state index is 14.6. The molecule has 5 nitrogen and oxygen atoms in total. The Balaban J connectivity index is 1.55. The van der Waals surface area contributed by atoms with Gasteiger partial charge in [0.2, 0.25) is 5.91 Å². The maximum absolute atomic E-state index is 14.6. The smallest absolute Gasteiger partial charge is 0.238 e. The standard InChI is InChI=1S/C31H21ClN2O3S/c32-20-13-14-23-19(17-20)12-15-25-31(21-9-4-5-10-22(21)33-30(31)37)26(28(35)18-7-2-1-3-8-18)27(34(23)25)29(36)24-11-6-16-38-24/h1-17,25-27H,(H,33,37)/t25-,26+,27-,31-/m0/s1. The van der Waals surface area contributed by atoms with Gasteiger partial charge in [-0.3, -0.25) is 14.4 Å². The van der Waals surface area contributed by atoms with Crippen molar-refractivity contribution in [3.05, 3.63) is 123 Å². The number of hydrogen-bond acceptors (Lipinski definition) is 5. The molecule has 1 fully saturated rings. The van der Waals surface area contributed by atoms with Gasteiger partial charge in [0.15, 0.2) is 11.6 Å². The van der Waals surface area contributed by atoms with Gasteiger partial charge in [-0.05, 0) is 46.8 Å². The predicted molar refractivity (Wildman–Crippen MR) is 150 cm³/mol. The Morgan fingerprint density at radius 3 is 2.50 bits per heavy atom. The Morgan fingerprint density at radius 2 is 1.71 bits per heavy atom. The molecule has 0 aliphatic carbocycles. The average molecular weight is 537 g/mol. The monoisotopic (exact) mass is 536 g/mol. The van der Waals surface area contributed by atoms with Crippen LogP contribution in [0.4, 0.5) is 11.4 Å². The van der Waals surface area contributed by atoms with E-state index in [-0.39, 0.29) is 17.5 Å². The summed E-state index contributed by atoms with van der Waals surface area (Å²) in [7, 11) is 0. The van der Waals surface area contributed by atoms with Crippen LogP contribution in [0.3, 0.4) is 0 Å². The van der Waals surface area contributed by atoms with Crippen LogP contribution in [0.2, 0.25) is 5.02 Å². The average Bonchev–Trinajstić information content (AvgIpc) is 3.65. The van der Waals surface area contributed by atoms with Gasteiger partial charge in [0.25, 0.3) is 0 Å². The molecule has 7 rings (SSSR count). The molecule has 4 atom stereocenters. The van der Waals surface area contributed by atoms with Crippen LogP contribution in [0.15, 0.2) is 96.4 Å². The van der Waals surface area contributed by atoms with Crippen LogP contribution in [0.25, 0.3) is 6.08 Å². The third-order valence-electron chi connectivity index (χ3n) is 7.97. The van der Waals surface area contributed by atoms with Crippen LogP contribution >= 0.6 is 22.9 Å². The van der Waals surface area contributed by atoms with Crippen LogP contribution in [0.1, 0.15) is 31.2 Å². The van der Waals surface area contributed by atoms with Gasteiger partial charge in [-0.1, -0.05) is 78.4 Å². The molecule has 0 radical (unpaired) electrons. The Bertz CT molecular complexity index is 1650. The van der Waals surface area contributed by atoms with Crippen molar-refractivity contribution in [2.75, 3.05) is 10.2 Å². The van der Waals surface area contributed by atoms with E-state index >= 15 is 0 Å². The van der Waals surface area contributed by atoms with Crippen molar-refractivity contribution in [3.8, 4) is 0 Å². The first kappa shape index (κ1) is 23.1. The van der Waals surface area contributed by atoms with Crippen molar-refractivity contribution < 1.29 is 14.4 Å². The first-order valence-electron chi connectivity index (χ1n) is 12.4. The largest absolute Gasteiger partial charge is 0.352 e. The number of amides is 1. The second kappa shape index (κ2) is 8.51. The Labute approximate surface area is 228 Å². The lowest BCUT2D eigenvalue weighted by molar-refractivity contribution is -0.121. The number of fused-ring (bicyclic) bond motifs is 6. The van der Waals surface area contributed by atoms with Crippen molar-refractivity contribution in [1.29, 1.82) is 0 Å². The molecular weight excluding hydrogens is 516 g/mol. The van der Waals surface area contributed by atoms with E-state index in [1.54, 1.807) is 36.4 Å². The summed E-state index contributed by atoms with van der Waals surface area (Å²) >= 11 is 7.67. The van der Waals surface area contributed by atoms with Crippen LogP contribution in [0, 0.1) is 5.92 Å². The molecule has 38 heavy (non-hydrogen) atoms. The summed E-state index contributed by atoms with van der Waals surface area (Å²) in [5.74, 6) is -1.65. The molecule has 0 unspecified atom stereocenters. The molecule has 4 aromatic rings. The number of carbonyl (C=O) groups is 3. The zero-order valence-corrected chi connectivity index (χ0v) is 21.6. The van der Waals surface area contributed by atoms with Crippen molar-refractivity contribution in [2.24, 2.45) is 5.92 Å². The van der Waals surface area contributed by atoms with Gasteiger partial charge in [0.05, 0.1) is 16.8 Å². The number of nitrogens with one attached hydrogen (secondary N) is 1. The molecule has 1 aromatic heterocycles. The predicted octanol–water partition coefficient (Wildman–Crippen LogP) is 6.26. The van der Waals surface area contributed by atoms with Gasteiger partial charge in [-0.15, -0.1) is 11.3 Å². The molecule has 7 heteroatoms. The normalized spacial score (nSPS) is 24.6. The molecule has 0 bridgehead atoms. The van der Waals surface area contributed by atoms with Crippen molar-refractivity contribution in [1.82, 2.24) is 0 Å². The molecule has 1 spiro atoms. The zero-order chi connectivity index (χ0) is 26.0. The highest BCUT2D eigenvalue weighted by molar-refractivity contribution is 7.12. The molecule has 3 aliphatic rings. The van der Waals surface area contributed by atoms with Gasteiger partial charge in [-0.25, -0.2) is 0 Å². The first-order chi connectivity index (χ1) is 18.5. The fraction of sp³-hybridized carbons (Fsp3) is 0.129. The SMILES string of the molecule is O=C(c1cccs1)[C@@H]1[C@H](C(=O)c2ccccc2)[C@@]2(C(=O)Nc3ccccc32)[C@@H]2C=Cc3cc(Cl)ccc3N12. The van der Waals surface area contributed by atoms with Crippen molar-refractivity contribution in [2.45, 2.75) is 17.5 Å². The Hall–Kier alpha value is -4.00. The van der Waals surface area contributed by atoms with E-state index in [1.807, 2.05) is 71.0 Å². The topological polar surface area (TPSA) is 66.5 Å². The van der Waals surface area contributed by atoms with Crippen LogP contribution in [-0.2, 0) is 10.2 Å². The quantitative estimate of drug-likeness (QED) is 0.313.